The first-order chi connectivity index (χ1) is 28.1. The van der Waals surface area contributed by atoms with Crippen molar-refractivity contribution in [1.29, 1.82) is 5.26 Å². The second-order valence-corrected chi connectivity index (χ2v) is 15.9. The number of nitrogens with zero attached hydrogens (tertiary/aromatic N) is 5. The minimum Gasteiger partial charge on any atom is -0.228 e. The molecule has 3 fully saturated rings. The molecule has 2 aromatic heterocycles. The standard InChI is InChI=1S/C52H37N5/c53-32-33-10-7-16-38(24-33)47-28-45(35-13-5-2-6-14-35)54-50(56-47)40-18-9-19-41(26-40)51-55-46(36-20-22-44(23-21-36)52-30-42-27-43(31-52)49(42)52)29-48(57-51)39-17-8-15-37(25-39)34-11-3-1-4-12-34/h1-26,28-29,42-43,49H,27,30-31H2. The zero-order chi connectivity index (χ0) is 37.9. The SMILES string of the molecule is N#Cc1cccc(-c2cc(-c3ccccc3)nc(-c3cccc(-c4nc(-c5ccc(C67CC8CC(C6)C87)cc5)cc(-c5cccc(-c6ccccc6)c5)n4)c3)n2)c1. The van der Waals surface area contributed by atoms with Crippen LogP contribution in [0.4, 0.5) is 0 Å². The maximum atomic E-state index is 9.65. The maximum absolute atomic E-state index is 9.65. The number of hydrogen-bond donors (Lipinski definition) is 0. The van der Waals surface area contributed by atoms with Crippen molar-refractivity contribution in [2.75, 3.05) is 0 Å². The molecule has 3 aliphatic carbocycles. The van der Waals surface area contributed by atoms with E-state index in [4.69, 9.17) is 19.9 Å². The molecule has 270 valence electrons. The molecule has 0 bridgehead atoms. The van der Waals surface area contributed by atoms with Crippen LogP contribution in [0.15, 0.2) is 170 Å². The first kappa shape index (κ1) is 33.3. The lowest BCUT2D eigenvalue weighted by Gasteiger charge is -2.76. The summed E-state index contributed by atoms with van der Waals surface area (Å²) in [5.74, 6) is 4.06. The number of aromatic nitrogens is 4. The molecule has 2 unspecified atom stereocenters. The molecule has 0 amide bonds. The molecule has 0 saturated heterocycles. The molecular weight excluding hydrogens is 695 g/mol. The van der Waals surface area contributed by atoms with Crippen molar-refractivity contribution < 1.29 is 0 Å². The molecule has 8 aromatic rings. The van der Waals surface area contributed by atoms with Crippen LogP contribution in [0.3, 0.4) is 0 Å². The van der Waals surface area contributed by atoms with Gasteiger partial charge in [0, 0.05) is 33.4 Å². The van der Waals surface area contributed by atoms with Gasteiger partial charge in [0.2, 0.25) is 0 Å². The fourth-order valence-electron chi connectivity index (χ4n) is 9.95. The van der Waals surface area contributed by atoms with Crippen molar-refractivity contribution in [1.82, 2.24) is 19.9 Å². The van der Waals surface area contributed by atoms with Crippen LogP contribution in [0.25, 0.3) is 78.9 Å². The lowest BCUT2D eigenvalue weighted by Crippen LogP contribution is -2.71. The van der Waals surface area contributed by atoms with E-state index in [-0.39, 0.29) is 0 Å². The molecular formula is C52H37N5. The largest absolute Gasteiger partial charge is 0.228 e. The summed E-state index contributed by atoms with van der Waals surface area (Å²) in [6, 6.07) is 60.6. The summed E-state index contributed by atoms with van der Waals surface area (Å²) in [7, 11) is 0. The molecule has 0 N–H and O–H groups in total. The summed E-state index contributed by atoms with van der Waals surface area (Å²) in [5, 5.41) is 9.65. The Morgan fingerprint density at radius 1 is 0.421 bits per heavy atom. The van der Waals surface area contributed by atoms with Gasteiger partial charge in [-0.15, -0.1) is 0 Å². The van der Waals surface area contributed by atoms with E-state index in [1.54, 1.807) is 0 Å². The van der Waals surface area contributed by atoms with E-state index in [9.17, 15) is 5.26 Å². The molecule has 0 spiro atoms. The quantitative estimate of drug-likeness (QED) is 0.155. The van der Waals surface area contributed by atoms with Crippen LogP contribution in [0.1, 0.15) is 30.4 Å². The molecule has 3 saturated carbocycles. The van der Waals surface area contributed by atoms with E-state index in [0.29, 0.717) is 22.6 Å². The van der Waals surface area contributed by atoms with Crippen molar-refractivity contribution in [3.63, 3.8) is 0 Å². The molecule has 2 heterocycles. The highest BCUT2D eigenvalue weighted by molar-refractivity contribution is 5.78. The maximum Gasteiger partial charge on any atom is 0.160 e. The average molecular weight is 732 g/mol. The molecule has 57 heavy (non-hydrogen) atoms. The fourth-order valence-corrected chi connectivity index (χ4v) is 9.95. The van der Waals surface area contributed by atoms with Crippen molar-refractivity contribution >= 4 is 0 Å². The van der Waals surface area contributed by atoms with Crippen LogP contribution in [-0.4, -0.2) is 19.9 Å². The Kier molecular flexibility index (Phi) is 7.79. The predicted molar refractivity (Wildman–Crippen MR) is 226 cm³/mol. The van der Waals surface area contributed by atoms with Crippen LogP contribution in [0.2, 0.25) is 0 Å². The molecule has 6 aromatic carbocycles. The second-order valence-electron chi connectivity index (χ2n) is 15.9. The number of hydrogen-bond acceptors (Lipinski definition) is 5. The highest BCUT2D eigenvalue weighted by Crippen LogP contribution is 2.77. The average Bonchev–Trinajstić information content (AvgIpc) is 3.29. The molecule has 11 rings (SSSR count). The van der Waals surface area contributed by atoms with Gasteiger partial charge in [0.25, 0.3) is 0 Å². The monoisotopic (exact) mass is 731 g/mol. The van der Waals surface area contributed by atoms with Crippen LogP contribution >= 0.6 is 0 Å². The third-order valence-corrected chi connectivity index (χ3v) is 12.7. The van der Waals surface area contributed by atoms with Gasteiger partial charge in [-0.05, 0) is 95.5 Å². The van der Waals surface area contributed by atoms with Gasteiger partial charge in [0.05, 0.1) is 34.4 Å². The minimum atomic E-state index is 0.421. The van der Waals surface area contributed by atoms with Gasteiger partial charge in [-0.3, -0.25) is 0 Å². The summed E-state index contributed by atoms with van der Waals surface area (Å²) in [6.07, 6.45) is 4.16. The Labute approximate surface area is 332 Å². The highest BCUT2D eigenvalue weighted by Gasteiger charge is 2.71. The first-order valence-electron chi connectivity index (χ1n) is 19.8. The molecule has 0 radical (unpaired) electrons. The molecule has 5 nitrogen and oxygen atoms in total. The highest BCUT2D eigenvalue weighted by atomic mass is 14.9. The second kappa shape index (κ2) is 13.3. The Hall–Kier alpha value is -7.03. The van der Waals surface area contributed by atoms with Gasteiger partial charge < -0.3 is 0 Å². The van der Waals surface area contributed by atoms with E-state index in [1.165, 1.54) is 24.8 Å². The predicted octanol–water partition coefficient (Wildman–Crippen LogP) is 12.1. The van der Waals surface area contributed by atoms with E-state index in [0.717, 1.165) is 85.0 Å². The molecule has 3 aliphatic rings. The van der Waals surface area contributed by atoms with Gasteiger partial charge in [0.1, 0.15) is 0 Å². The topological polar surface area (TPSA) is 75.3 Å². The Morgan fingerprint density at radius 3 is 1.44 bits per heavy atom. The third kappa shape index (κ3) is 5.76. The Balaban J connectivity index is 1.02. The third-order valence-electron chi connectivity index (χ3n) is 12.7. The van der Waals surface area contributed by atoms with E-state index < -0.39 is 0 Å². The van der Waals surface area contributed by atoms with E-state index in [1.807, 2.05) is 66.7 Å². The Morgan fingerprint density at radius 2 is 0.877 bits per heavy atom. The first-order valence-corrected chi connectivity index (χ1v) is 19.8. The molecule has 5 heteroatoms. The summed E-state index contributed by atoms with van der Waals surface area (Å²) in [5.41, 5.74) is 13.8. The van der Waals surface area contributed by atoms with Gasteiger partial charge >= 0.3 is 0 Å². The zero-order valence-electron chi connectivity index (χ0n) is 31.3. The Bertz CT molecular complexity index is 2850. The van der Waals surface area contributed by atoms with Crippen LogP contribution < -0.4 is 0 Å². The normalized spacial score (nSPS) is 19.9. The van der Waals surface area contributed by atoms with Crippen molar-refractivity contribution in [2.24, 2.45) is 17.8 Å². The lowest BCUT2D eigenvalue weighted by molar-refractivity contribution is -0.219. The molecule has 0 aliphatic heterocycles. The van der Waals surface area contributed by atoms with Crippen molar-refractivity contribution in [3.8, 4) is 85.0 Å². The summed E-state index contributed by atoms with van der Waals surface area (Å²) in [6.45, 7) is 0. The van der Waals surface area contributed by atoms with Gasteiger partial charge in [0.15, 0.2) is 11.6 Å². The lowest BCUT2D eigenvalue weighted by atomic mass is 9.28. The van der Waals surface area contributed by atoms with Gasteiger partial charge in [-0.1, -0.05) is 133 Å². The van der Waals surface area contributed by atoms with Crippen molar-refractivity contribution in [3.05, 3.63) is 181 Å². The van der Waals surface area contributed by atoms with E-state index in [2.05, 4.69) is 109 Å². The van der Waals surface area contributed by atoms with Gasteiger partial charge in [-0.25, -0.2) is 19.9 Å². The summed E-state index contributed by atoms with van der Waals surface area (Å²) in [4.78, 5) is 20.7. The number of nitriles is 1. The summed E-state index contributed by atoms with van der Waals surface area (Å²) >= 11 is 0. The zero-order valence-corrected chi connectivity index (χ0v) is 31.3. The fraction of sp³-hybridized carbons (Fsp3) is 0.135. The van der Waals surface area contributed by atoms with Gasteiger partial charge in [-0.2, -0.15) is 5.26 Å². The number of rotatable bonds is 8. The minimum absolute atomic E-state index is 0.421. The van der Waals surface area contributed by atoms with Crippen LogP contribution in [0.5, 0.6) is 0 Å². The van der Waals surface area contributed by atoms with E-state index >= 15 is 0 Å². The summed E-state index contributed by atoms with van der Waals surface area (Å²) < 4.78 is 0. The van der Waals surface area contributed by atoms with Crippen LogP contribution in [0, 0.1) is 29.1 Å². The van der Waals surface area contributed by atoms with Crippen molar-refractivity contribution in [2.45, 2.75) is 24.7 Å². The smallest absolute Gasteiger partial charge is 0.160 e. The molecule has 2 atom stereocenters. The van der Waals surface area contributed by atoms with Crippen LogP contribution in [-0.2, 0) is 5.41 Å². The number of benzene rings is 6.